The van der Waals surface area contributed by atoms with Crippen molar-refractivity contribution in [2.45, 2.75) is 39.0 Å². The highest BCUT2D eigenvalue weighted by molar-refractivity contribution is 6.17. The van der Waals surface area contributed by atoms with Gasteiger partial charge in [-0.1, -0.05) is 38.5 Å². The van der Waals surface area contributed by atoms with Crippen molar-refractivity contribution in [1.82, 2.24) is 0 Å². The van der Waals surface area contributed by atoms with Gasteiger partial charge in [-0.25, -0.2) is 0 Å². The molecule has 0 bridgehead atoms. The number of aromatic hydroxyl groups is 1. The smallest absolute Gasteiger partial charge is 0.123 e. The number of halogens is 1. The summed E-state index contributed by atoms with van der Waals surface area (Å²) in [6.45, 7) is 8.27. The number of benzene rings is 1. The topological polar surface area (TPSA) is 20.2 Å². The molecule has 78 valence electrons. The highest BCUT2D eigenvalue weighted by atomic mass is 35.5. The summed E-state index contributed by atoms with van der Waals surface area (Å²) in [7, 11) is 0. The van der Waals surface area contributed by atoms with Gasteiger partial charge in [-0.3, -0.25) is 0 Å². The zero-order chi connectivity index (χ0) is 10.9. The molecular weight excluding hydrogens is 196 g/mol. The molecule has 0 aliphatic heterocycles. The van der Waals surface area contributed by atoms with Crippen LogP contribution in [-0.4, -0.2) is 5.11 Å². The second-order valence-corrected chi connectivity index (χ2v) is 4.97. The van der Waals surface area contributed by atoms with E-state index in [0.717, 1.165) is 16.7 Å². The standard InChI is InChI=1S/C12H17ClO/c1-8-5-9(7-13)11(14)10(6-8)12(2,3)4/h5-6,14H,7H2,1-4H3. The Morgan fingerprint density at radius 2 is 1.86 bits per heavy atom. The van der Waals surface area contributed by atoms with Crippen molar-refractivity contribution in [3.8, 4) is 5.75 Å². The van der Waals surface area contributed by atoms with Gasteiger partial charge in [0.05, 0.1) is 5.88 Å². The Morgan fingerprint density at radius 1 is 1.29 bits per heavy atom. The highest BCUT2D eigenvalue weighted by Gasteiger charge is 2.20. The van der Waals surface area contributed by atoms with Crippen LogP contribution in [0, 0.1) is 6.92 Å². The lowest BCUT2D eigenvalue weighted by atomic mass is 9.84. The van der Waals surface area contributed by atoms with E-state index in [-0.39, 0.29) is 5.41 Å². The van der Waals surface area contributed by atoms with Gasteiger partial charge in [0.2, 0.25) is 0 Å². The van der Waals surface area contributed by atoms with Gasteiger partial charge in [0.1, 0.15) is 5.75 Å². The first kappa shape index (κ1) is 11.4. The van der Waals surface area contributed by atoms with E-state index in [1.165, 1.54) is 0 Å². The van der Waals surface area contributed by atoms with Crippen molar-refractivity contribution in [3.05, 3.63) is 28.8 Å². The molecule has 0 atom stereocenters. The lowest BCUT2D eigenvalue weighted by Crippen LogP contribution is -2.12. The predicted molar refractivity (Wildman–Crippen MR) is 61.1 cm³/mol. The second-order valence-electron chi connectivity index (χ2n) is 4.70. The first-order valence-corrected chi connectivity index (χ1v) is 5.28. The van der Waals surface area contributed by atoms with E-state index in [4.69, 9.17) is 11.6 Å². The Kier molecular flexibility index (Phi) is 3.10. The summed E-state index contributed by atoms with van der Waals surface area (Å²) in [4.78, 5) is 0. The third-order valence-electron chi connectivity index (χ3n) is 2.29. The van der Waals surface area contributed by atoms with Gasteiger partial charge in [0.25, 0.3) is 0 Å². The van der Waals surface area contributed by atoms with Crippen molar-refractivity contribution < 1.29 is 5.11 Å². The molecule has 0 fully saturated rings. The molecule has 0 saturated carbocycles. The predicted octanol–water partition coefficient (Wildman–Crippen LogP) is 3.74. The van der Waals surface area contributed by atoms with Gasteiger partial charge >= 0.3 is 0 Å². The van der Waals surface area contributed by atoms with Crippen LogP contribution in [0.1, 0.15) is 37.5 Å². The molecule has 1 nitrogen and oxygen atoms in total. The van der Waals surface area contributed by atoms with Gasteiger partial charge in [-0.05, 0) is 17.9 Å². The fourth-order valence-corrected chi connectivity index (χ4v) is 1.73. The molecule has 14 heavy (non-hydrogen) atoms. The fourth-order valence-electron chi connectivity index (χ4n) is 1.53. The number of phenolic OH excluding ortho intramolecular Hbond substituents is 1. The molecule has 0 radical (unpaired) electrons. The molecule has 0 unspecified atom stereocenters. The van der Waals surface area contributed by atoms with Crippen LogP contribution < -0.4 is 0 Å². The monoisotopic (exact) mass is 212 g/mol. The summed E-state index contributed by atoms with van der Waals surface area (Å²) >= 11 is 5.77. The molecular formula is C12H17ClO. The fraction of sp³-hybridized carbons (Fsp3) is 0.500. The minimum absolute atomic E-state index is 0.0447. The Balaban J connectivity index is 3.37. The number of alkyl halides is 1. The average Bonchev–Trinajstić information content (AvgIpc) is 2.06. The Hall–Kier alpha value is -0.690. The quantitative estimate of drug-likeness (QED) is 0.704. The Morgan fingerprint density at radius 3 is 2.29 bits per heavy atom. The molecule has 0 aliphatic rings. The van der Waals surface area contributed by atoms with E-state index in [0.29, 0.717) is 11.6 Å². The number of hydrogen-bond donors (Lipinski definition) is 1. The van der Waals surface area contributed by atoms with Gasteiger partial charge in [0.15, 0.2) is 0 Å². The van der Waals surface area contributed by atoms with E-state index in [9.17, 15) is 5.11 Å². The van der Waals surface area contributed by atoms with Crippen LogP contribution in [0.5, 0.6) is 5.75 Å². The van der Waals surface area contributed by atoms with Gasteiger partial charge < -0.3 is 5.11 Å². The molecule has 1 aromatic carbocycles. The molecule has 2 heteroatoms. The molecule has 0 amide bonds. The molecule has 0 spiro atoms. The summed E-state index contributed by atoms with van der Waals surface area (Å²) in [6.07, 6.45) is 0. The normalized spacial score (nSPS) is 11.8. The van der Waals surface area contributed by atoms with Gasteiger partial charge in [-0.15, -0.1) is 11.6 Å². The number of aryl methyl sites for hydroxylation is 1. The minimum Gasteiger partial charge on any atom is -0.507 e. The Labute approximate surface area is 90.7 Å². The second kappa shape index (κ2) is 3.82. The van der Waals surface area contributed by atoms with Crippen LogP contribution in [0.2, 0.25) is 0 Å². The lowest BCUT2D eigenvalue weighted by molar-refractivity contribution is 0.442. The van der Waals surface area contributed by atoms with Crippen LogP contribution >= 0.6 is 11.6 Å². The first-order chi connectivity index (χ1) is 6.36. The van der Waals surface area contributed by atoms with E-state index in [1.54, 1.807) is 0 Å². The van der Waals surface area contributed by atoms with E-state index < -0.39 is 0 Å². The molecule has 0 aliphatic carbocycles. The summed E-state index contributed by atoms with van der Waals surface area (Å²) in [6, 6.07) is 3.95. The molecule has 0 aromatic heterocycles. The van der Waals surface area contributed by atoms with Crippen LogP contribution in [0.3, 0.4) is 0 Å². The summed E-state index contributed by atoms with van der Waals surface area (Å²) in [5, 5.41) is 9.96. The van der Waals surface area contributed by atoms with Crippen LogP contribution in [0.25, 0.3) is 0 Å². The zero-order valence-corrected chi connectivity index (χ0v) is 9.94. The van der Waals surface area contributed by atoms with Crippen molar-refractivity contribution in [3.63, 3.8) is 0 Å². The maximum atomic E-state index is 9.96. The third-order valence-corrected chi connectivity index (χ3v) is 2.57. The lowest BCUT2D eigenvalue weighted by Gasteiger charge is -2.22. The number of rotatable bonds is 1. The van der Waals surface area contributed by atoms with Gasteiger partial charge in [-0.2, -0.15) is 0 Å². The summed E-state index contributed by atoms with van der Waals surface area (Å²) < 4.78 is 0. The largest absolute Gasteiger partial charge is 0.507 e. The van der Waals surface area contributed by atoms with Crippen LogP contribution in [0.15, 0.2) is 12.1 Å². The minimum atomic E-state index is -0.0447. The van der Waals surface area contributed by atoms with Crippen molar-refractivity contribution in [2.75, 3.05) is 0 Å². The van der Waals surface area contributed by atoms with Gasteiger partial charge in [0, 0.05) is 5.56 Å². The number of hydrogen-bond acceptors (Lipinski definition) is 1. The summed E-state index contributed by atoms with van der Waals surface area (Å²) in [5.74, 6) is 0.703. The molecule has 1 aromatic rings. The zero-order valence-electron chi connectivity index (χ0n) is 9.19. The average molecular weight is 213 g/mol. The molecule has 0 saturated heterocycles. The molecule has 1 N–H and O–H groups in total. The number of phenols is 1. The Bertz CT molecular complexity index is 337. The van der Waals surface area contributed by atoms with Crippen molar-refractivity contribution in [2.24, 2.45) is 0 Å². The van der Waals surface area contributed by atoms with E-state index in [1.807, 2.05) is 19.1 Å². The third kappa shape index (κ3) is 2.21. The first-order valence-electron chi connectivity index (χ1n) is 4.75. The van der Waals surface area contributed by atoms with Crippen LogP contribution in [0.4, 0.5) is 0 Å². The highest BCUT2D eigenvalue weighted by Crippen LogP contribution is 2.34. The van der Waals surface area contributed by atoms with Crippen molar-refractivity contribution >= 4 is 11.6 Å². The molecule has 0 heterocycles. The maximum absolute atomic E-state index is 9.96. The SMILES string of the molecule is Cc1cc(CCl)c(O)c(C(C)(C)C)c1. The maximum Gasteiger partial charge on any atom is 0.123 e. The van der Waals surface area contributed by atoms with Crippen molar-refractivity contribution in [1.29, 1.82) is 0 Å². The van der Waals surface area contributed by atoms with Crippen LogP contribution in [-0.2, 0) is 11.3 Å². The summed E-state index contributed by atoms with van der Waals surface area (Å²) in [5.41, 5.74) is 2.88. The molecule has 1 rings (SSSR count). The van der Waals surface area contributed by atoms with E-state index in [2.05, 4.69) is 20.8 Å². The van der Waals surface area contributed by atoms with E-state index >= 15 is 0 Å².